The number of quaternary nitrogens is 1. The van der Waals surface area contributed by atoms with Crippen molar-refractivity contribution in [2.45, 2.75) is 38.8 Å². The van der Waals surface area contributed by atoms with Gasteiger partial charge in [-0.1, -0.05) is 30.3 Å². The second kappa shape index (κ2) is 8.01. The number of aromatic hydroxyl groups is 1. The topological polar surface area (TPSA) is 64.1 Å². The van der Waals surface area contributed by atoms with Gasteiger partial charge in [0, 0.05) is 0 Å². The van der Waals surface area contributed by atoms with Crippen LogP contribution in [0.2, 0.25) is 0 Å². The normalized spacial score (nSPS) is 22.0. The fourth-order valence-electron chi connectivity index (χ4n) is 4.32. The van der Waals surface area contributed by atoms with E-state index in [1.807, 2.05) is 13.8 Å². The highest BCUT2D eigenvalue weighted by Crippen LogP contribution is 2.38. The number of ether oxygens (including phenoxy) is 1. The average Bonchev–Trinajstić information content (AvgIpc) is 2.69. The molecule has 2 N–H and O–H groups in total. The van der Waals surface area contributed by atoms with Gasteiger partial charge in [-0.3, -0.25) is 4.79 Å². The molecule has 0 spiro atoms. The van der Waals surface area contributed by atoms with Gasteiger partial charge in [-0.05, 0) is 31.5 Å². The van der Waals surface area contributed by atoms with Crippen molar-refractivity contribution >= 4 is 11.0 Å². The van der Waals surface area contributed by atoms with E-state index in [2.05, 4.69) is 0 Å². The van der Waals surface area contributed by atoms with Crippen LogP contribution in [-0.2, 0) is 17.5 Å². The third-order valence-corrected chi connectivity index (χ3v) is 5.50. The number of halogens is 3. The molecule has 1 aliphatic heterocycles. The predicted octanol–water partition coefficient (Wildman–Crippen LogP) is 3.38. The molecule has 2 heterocycles. The molecule has 3 atom stereocenters. The molecule has 2 aromatic carbocycles. The Morgan fingerprint density at radius 2 is 1.71 bits per heavy atom. The minimum Gasteiger partial charge on any atom is -0.507 e. The van der Waals surface area contributed by atoms with Crippen molar-refractivity contribution in [1.82, 2.24) is 0 Å². The maximum atomic E-state index is 13.9. The summed E-state index contributed by atoms with van der Waals surface area (Å²) in [6.07, 6.45) is -4.94. The van der Waals surface area contributed by atoms with Gasteiger partial charge in [0.15, 0.2) is 5.58 Å². The van der Waals surface area contributed by atoms with E-state index in [4.69, 9.17) is 9.15 Å². The molecule has 5 nitrogen and oxygen atoms in total. The maximum Gasteiger partial charge on any atom is 0.450 e. The van der Waals surface area contributed by atoms with Crippen molar-refractivity contribution in [2.75, 3.05) is 13.1 Å². The second-order valence-electron chi connectivity index (χ2n) is 8.03. The zero-order valence-corrected chi connectivity index (χ0v) is 17.1. The zero-order valence-electron chi connectivity index (χ0n) is 17.1. The number of phenols is 1. The number of phenolic OH excluding ortho intramolecular Hbond substituents is 1. The quantitative estimate of drug-likeness (QED) is 0.664. The fraction of sp³-hybridized carbons (Fsp3) is 0.348. The largest absolute Gasteiger partial charge is 0.507 e. The number of alkyl halides is 3. The highest BCUT2D eigenvalue weighted by atomic mass is 19.4. The number of nitrogens with one attached hydrogen (secondary N) is 1. The van der Waals surface area contributed by atoms with Crippen molar-refractivity contribution in [2.24, 2.45) is 0 Å². The van der Waals surface area contributed by atoms with Gasteiger partial charge in [0.2, 0.25) is 11.2 Å². The highest BCUT2D eigenvalue weighted by molar-refractivity contribution is 5.86. The molecule has 0 radical (unpaired) electrons. The van der Waals surface area contributed by atoms with Crippen LogP contribution in [0.5, 0.6) is 5.75 Å². The van der Waals surface area contributed by atoms with Crippen molar-refractivity contribution < 1.29 is 32.3 Å². The molecule has 3 aromatic rings. The third-order valence-electron chi connectivity index (χ3n) is 5.50. The summed E-state index contributed by atoms with van der Waals surface area (Å²) in [5.41, 5.74) is -1.22. The lowest BCUT2D eigenvalue weighted by molar-refractivity contribution is -0.928. The molecule has 1 saturated heterocycles. The molecule has 1 aromatic heterocycles. The van der Waals surface area contributed by atoms with E-state index in [1.54, 1.807) is 18.2 Å². The van der Waals surface area contributed by atoms with Crippen molar-refractivity contribution in [3.8, 4) is 16.9 Å². The Bertz CT molecular complexity index is 1150. The maximum absolute atomic E-state index is 13.9. The number of benzene rings is 2. The Morgan fingerprint density at radius 1 is 1.06 bits per heavy atom. The standard InChI is InChI=1S/C23H22F3NO4/c1-13-10-27(11-14(2)30-13)12-17-18(28)9-8-16-20(29)19(15-6-4-3-5-7-15)22(23(24,25)26)31-21(16)17/h3-9,13-14,28H,10-12H2,1-2H3/p+1/t13-,14+. The van der Waals surface area contributed by atoms with Crippen LogP contribution in [-0.4, -0.2) is 30.4 Å². The van der Waals surface area contributed by atoms with Crippen molar-refractivity contribution in [1.29, 1.82) is 0 Å². The smallest absolute Gasteiger partial charge is 0.450 e. The number of morpholine rings is 1. The molecule has 1 unspecified atom stereocenters. The summed E-state index contributed by atoms with van der Waals surface area (Å²) in [7, 11) is 0. The van der Waals surface area contributed by atoms with E-state index in [9.17, 15) is 23.1 Å². The van der Waals surface area contributed by atoms with Crippen molar-refractivity contribution in [3.63, 3.8) is 0 Å². The van der Waals surface area contributed by atoms with Crippen LogP contribution in [0, 0.1) is 0 Å². The summed E-state index contributed by atoms with van der Waals surface area (Å²) < 4.78 is 52.8. The fourth-order valence-corrected chi connectivity index (χ4v) is 4.32. The minimum atomic E-state index is -4.88. The molecule has 0 amide bonds. The number of fused-ring (bicyclic) bond motifs is 1. The van der Waals surface area contributed by atoms with Gasteiger partial charge < -0.3 is 19.2 Å². The molecule has 1 fully saturated rings. The Morgan fingerprint density at radius 3 is 2.32 bits per heavy atom. The van der Waals surface area contributed by atoms with E-state index in [-0.39, 0.29) is 46.6 Å². The lowest BCUT2D eigenvalue weighted by Gasteiger charge is -2.32. The summed E-state index contributed by atoms with van der Waals surface area (Å²) in [5.74, 6) is -1.56. The summed E-state index contributed by atoms with van der Waals surface area (Å²) >= 11 is 0. The second-order valence-corrected chi connectivity index (χ2v) is 8.03. The van der Waals surface area contributed by atoms with Gasteiger partial charge in [0.1, 0.15) is 37.6 Å². The molecular weight excluding hydrogens is 411 g/mol. The molecule has 31 heavy (non-hydrogen) atoms. The van der Waals surface area contributed by atoms with Crippen LogP contribution >= 0.6 is 0 Å². The first-order valence-electron chi connectivity index (χ1n) is 10.1. The molecule has 1 aliphatic rings. The first-order chi connectivity index (χ1) is 14.6. The first kappa shape index (κ1) is 21.4. The lowest BCUT2D eigenvalue weighted by atomic mass is 10.00. The Kier molecular flexibility index (Phi) is 5.53. The van der Waals surface area contributed by atoms with Gasteiger partial charge in [-0.15, -0.1) is 0 Å². The van der Waals surface area contributed by atoms with Gasteiger partial charge in [0.25, 0.3) is 0 Å². The summed E-state index contributed by atoms with van der Waals surface area (Å²) in [6.45, 7) is 5.31. The van der Waals surface area contributed by atoms with Crippen LogP contribution in [0.3, 0.4) is 0 Å². The van der Waals surface area contributed by atoms with Crippen molar-refractivity contribution in [3.05, 3.63) is 64.0 Å². The lowest BCUT2D eigenvalue weighted by Crippen LogP contribution is -3.14. The predicted molar refractivity (Wildman–Crippen MR) is 109 cm³/mol. The number of rotatable bonds is 3. The van der Waals surface area contributed by atoms with E-state index in [0.29, 0.717) is 13.1 Å². The van der Waals surface area contributed by atoms with Crippen LogP contribution in [0.1, 0.15) is 25.2 Å². The van der Waals surface area contributed by atoms with Crippen LogP contribution in [0.4, 0.5) is 13.2 Å². The van der Waals surface area contributed by atoms with Crippen LogP contribution in [0.25, 0.3) is 22.1 Å². The average molecular weight is 434 g/mol. The summed E-state index contributed by atoms with van der Waals surface area (Å²) in [6, 6.07) is 10.3. The Hall–Kier alpha value is -2.84. The molecule has 0 bridgehead atoms. The highest BCUT2D eigenvalue weighted by Gasteiger charge is 2.40. The molecule has 4 rings (SSSR count). The van der Waals surface area contributed by atoms with Crippen LogP contribution < -0.4 is 10.3 Å². The van der Waals surface area contributed by atoms with Gasteiger partial charge in [0.05, 0.1) is 16.5 Å². The van der Waals surface area contributed by atoms with E-state index in [0.717, 1.165) is 4.90 Å². The molecule has 0 aliphatic carbocycles. The number of hydrogen-bond donors (Lipinski definition) is 2. The molecule has 0 saturated carbocycles. The summed E-state index contributed by atoms with van der Waals surface area (Å²) in [5, 5.41) is 10.5. The van der Waals surface area contributed by atoms with E-state index >= 15 is 0 Å². The first-order valence-corrected chi connectivity index (χ1v) is 10.1. The minimum absolute atomic E-state index is 0.00779. The van der Waals surface area contributed by atoms with Gasteiger partial charge in [-0.2, -0.15) is 13.2 Å². The van der Waals surface area contributed by atoms with Gasteiger partial charge >= 0.3 is 6.18 Å². The monoisotopic (exact) mass is 434 g/mol. The van der Waals surface area contributed by atoms with Gasteiger partial charge in [-0.25, -0.2) is 0 Å². The Labute approximate surface area is 176 Å². The number of hydrogen-bond acceptors (Lipinski definition) is 4. The zero-order chi connectivity index (χ0) is 22.3. The van der Waals surface area contributed by atoms with E-state index < -0.39 is 22.9 Å². The molecular formula is C23H23F3NO4+. The molecule has 8 heteroatoms. The summed E-state index contributed by atoms with van der Waals surface area (Å²) in [4.78, 5) is 14.2. The van der Waals surface area contributed by atoms with E-state index in [1.165, 1.54) is 24.3 Å². The van der Waals surface area contributed by atoms with Crippen LogP contribution in [0.15, 0.2) is 51.7 Å². The Balaban J connectivity index is 1.92. The molecule has 164 valence electrons. The third kappa shape index (κ3) is 4.18. The SMILES string of the molecule is C[C@@H]1C[NH+](Cc2c(O)ccc3c(=O)c(-c4ccccc4)c(C(F)(F)F)oc23)C[C@H](C)O1.